The van der Waals surface area contributed by atoms with Crippen LogP contribution in [0.1, 0.15) is 71.3 Å². The van der Waals surface area contributed by atoms with Gasteiger partial charge in [-0.05, 0) is 79.7 Å². The largest absolute Gasteiger partial charge is 0.444 e. The van der Waals surface area contributed by atoms with Crippen LogP contribution in [-0.2, 0) is 15.0 Å². The smallest absolute Gasteiger partial charge is 0.418 e. The molecule has 11 heteroatoms. The maximum atomic E-state index is 13.6. The minimum absolute atomic E-state index is 0.303. The topological polar surface area (TPSA) is 104 Å². The van der Waals surface area contributed by atoms with E-state index in [1.165, 1.54) is 0 Å². The number of halogens is 1. The molecule has 0 bridgehead atoms. The van der Waals surface area contributed by atoms with Crippen molar-refractivity contribution in [2.24, 2.45) is 0 Å². The molecule has 0 radical (unpaired) electrons. The molecule has 2 aliphatic rings. The molecular weight excluding hydrogens is 534 g/mol. The molecule has 216 valence electrons. The second-order valence-corrected chi connectivity index (χ2v) is 12.9. The number of carbonyl (C=O) groups is 3. The van der Waals surface area contributed by atoms with Gasteiger partial charge in [0.15, 0.2) is 0 Å². The molecule has 40 heavy (non-hydrogen) atoms. The first kappa shape index (κ1) is 29.5. The van der Waals surface area contributed by atoms with Crippen molar-refractivity contribution in [1.29, 1.82) is 0 Å². The lowest BCUT2D eigenvalue weighted by Gasteiger charge is -2.36. The molecule has 1 fully saturated rings. The van der Waals surface area contributed by atoms with Gasteiger partial charge in [-0.1, -0.05) is 11.6 Å². The van der Waals surface area contributed by atoms with Crippen LogP contribution in [0.2, 0.25) is 5.02 Å². The molecule has 1 aromatic heterocycles. The van der Waals surface area contributed by atoms with Gasteiger partial charge in [-0.15, -0.1) is 0 Å². The molecule has 0 aliphatic carbocycles. The Morgan fingerprint density at radius 3 is 2.08 bits per heavy atom. The third kappa shape index (κ3) is 6.11. The van der Waals surface area contributed by atoms with Crippen LogP contribution in [0, 0.1) is 0 Å². The van der Waals surface area contributed by atoms with Gasteiger partial charge in [0.1, 0.15) is 17.0 Å². The highest BCUT2D eigenvalue weighted by atomic mass is 35.5. The first-order valence-electron chi connectivity index (χ1n) is 13.3. The summed E-state index contributed by atoms with van der Waals surface area (Å²) in [5.74, 6) is 0.0423. The number of imide groups is 1. The summed E-state index contributed by atoms with van der Waals surface area (Å²) in [7, 11) is 0. The average molecular weight is 572 g/mol. The van der Waals surface area contributed by atoms with E-state index < -0.39 is 28.7 Å². The van der Waals surface area contributed by atoms with Crippen molar-refractivity contribution in [2.75, 3.05) is 36.4 Å². The lowest BCUT2D eigenvalue weighted by atomic mass is 9.93. The van der Waals surface area contributed by atoms with Crippen molar-refractivity contribution in [3.63, 3.8) is 0 Å². The van der Waals surface area contributed by atoms with E-state index in [0.29, 0.717) is 53.8 Å². The summed E-state index contributed by atoms with van der Waals surface area (Å²) >= 11 is 6.55. The number of amides is 3. The van der Waals surface area contributed by atoms with Gasteiger partial charge in [0, 0.05) is 36.8 Å². The summed E-state index contributed by atoms with van der Waals surface area (Å²) in [5, 5.41) is 3.61. The number of hydrogen-bond donors (Lipinski definition) is 1. The molecule has 1 N–H and O–H groups in total. The highest BCUT2D eigenvalue weighted by Gasteiger charge is 2.50. The number of aromatic nitrogens is 1. The molecule has 0 spiro atoms. The Morgan fingerprint density at radius 2 is 1.52 bits per heavy atom. The van der Waals surface area contributed by atoms with E-state index >= 15 is 0 Å². The van der Waals surface area contributed by atoms with Crippen LogP contribution < -0.4 is 10.2 Å². The zero-order chi connectivity index (χ0) is 29.6. The number of nitrogens with one attached hydrogen (secondary N) is 1. The molecule has 0 saturated carbocycles. The quantitative estimate of drug-likeness (QED) is 0.467. The zero-order valence-electron chi connectivity index (χ0n) is 24.4. The second kappa shape index (κ2) is 10.5. The molecule has 1 aromatic carbocycles. The Kier molecular flexibility index (Phi) is 7.70. The van der Waals surface area contributed by atoms with Gasteiger partial charge in [0.25, 0.3) is 5.91 Å². The number of anilines is 3. The van der Waals surface area contributed by atoms with Crippen molar-refractivity contribution in [3.8, 4) is 0 Å². The summed E-state index contributed by atoms with van der Waals surface area (Å²) in [6.45, 7) is 16.8. The summed E-state index contributed by atoms with van der Waals surface area (Å²) < 4.78 is 11.0. The standard InChI is InChI=1S/C29H38ClN5O5/c1-27(2,3)39-25(37)34-15-13-33(14-16-34)18-9-12-21(31-17-18)32-20-11-10-19(30)23-22(20)24(36)35(29(23,7)8)26(38)40-28(4,5)6/h9-12,17H,13-16H2,1-8H3,(H,31,32). The molecule has 2 aromatic rings. The van der Waals surface area contributed by atoms with Crippen LogP contribution in [0.15, 0.2) is 30.5 Å². The summed E-state index contributed by atoms with van der Waals surface area (Å²) in [5.41, 5.74) is -0.0241. The Bertz CT molecular complexity index is 1310. The predicted molar refractivity (Wildman–Crippen MR) is 154 cm³/mol. The lowest BCUT2D eigenvalue weighted by molar-refractivity contribution is 0.00926. The van der Waals surface area contributed by atoms with Crippen LogP contribution >= 0.6 is 11.6 Å². The van der Waals surface area contributed by atoms with Gasteiger partial charge >= 0.3 is 12.2 Å². The molecule has 1 saturated heterocycles. The van der Waals surface area contributed by atoms with Gasteiger partial charge in [-0.2, -0.15) is 0 Å². The number of ether oxygens (including phenoxy) is 2. The van der Waals surface area contributed by atoms with Gasteiger partial charge in [0.2, 0.25) is 0 Å². The molecule has 4 rings (SSSR count). The lowest BCUT2D eigenvalue weighted by Crippen LogP contribution is -2.50. The minimum Gasteiger partial charge on any atom is -0.444 e. The van der Waals surface area contributed by atoms with Crippen LogP contribution in [0.25, 0.3) is 0 Å². The van der Waals surface area contributed by atoms with Gasteiger partial charge in [0.05, 0.1) is 28.7 Å². The number of rotatable bonds is 3. The van der Waals surface area contributed by atoms with E-state index in [1.807, 2.05) is 32.9 Å². The molecule has 2 aliphatic heterocycles. The Labute approximate surface area is 240 Å². The van der Waals surface area contributed by atoms with Crippen molar-refractivity contribution in [3.05, 3.63) is 46.6 Å². The SMILES string of the molecule is CC(C)(C)OC(=O)N1CCN(c2ccc(Nc3ccc(Cl)c4c3C(=O)N(C(=O)OC(C)(C)C)C4(C)C)nc2)CC1. The monoisotopic (exact) mass is 571 g/mol. The second-order valence-electron chi connectivity index (χ2n) is 12.5. The van der Waals surface area contributed by atoms with Crippen LogP contribution in [0.4, 0.5) is 26.8 Å². The maximum absolute atomic E-state index is 13.6. The minimum atomic E-state index is -1.01. The van der Waals surface area contributed by atoms with Crippen LogP contribution in [0.5, 0.6) is 0 Å². The molecule has 3 amide bonds. The maximum Gasteiger partial charge on any atom is 0.418 e. The Balaban J connectivity index is 1.49. The average Bonchev–Trinajstić information content (AvgIpc) is 3.05. The first-order valence-corrected chi connectivity index (χ1v) is 13.7. The number of piperazine rings is 1. The molecule has 3 heterocycles. The van der Waals surface area contributed by atoms with Crippen molar-refractivity contribution in [2.45, 2.75) is 72.1 Å². The summed E-state index contributed by atoms with van der Waals surface area (Å²) in [6.07, 6.45) is 0.721. The highest BCUT2D eigenvalue weighted by Crippen LogP contribution is 2.46. The summed E-state index contributed by atoms with van der Waals surface area (Å²) in [4.78, 5) is 48.5. The van der Waals surface area contributed by atoms with E-state index in [9.17, 15) is 14.4 Å². The van der Waals surface area contributed by atoms with Gasteiger partial charge < -0.3 is 24.6 Å². The number of nitrogens with zero attached hydrogens (tertiary/aromatic N) is 4. The number of fused-ring (bicyclic) bond motifs is 1. The number of pyridine rings is 1. The summed E-state index contributed by atoms with van der Waals surface area (Å²) in [6, 6.07) is 7.17. The third-order valence-corrected chi connectivity index (χ3v) is 6.94. The van der Waals surface area contributed by atoms with Crippen molar-refractivity contribution < 1.29 is 23.9 Å². The van der Waals surface area contributed by atoms with Crippen LogP contribution in [0.3, 0.4) is 0 Å². The third-order valence-electron chi connectivity index (χ3n) is 6.63. The number of carbonyl (C=O) groups excluding carboxylic acids is 3. The molecular formula is C29H38ClN5O5. The normalized spacial score (nSPS) is 17.0. The number of hydrogen-bond acceptors (Lipinski definition) is 8. The predicted octanol–water partition coefficient (Wildman–Crippen LogP) is 6.16. The fraction of sp³-hybridized carbons (Fsp3) is 0.517. The van der Waals surface area contributed by atoms with Crippen molar-refractivity contribution >= 4 is 46.9 Å². The first-order chi connectivity index (χ1) is 18.5. The molecule has 0 unspecified atom stereocenters. The van der Waals surface area contributed by atoms with E-state index in [1.54, 1.807) is 57.8 Å². The van der Waals surface area contributed by atoms with E-state index in [4.69, 9.17) is 21.1 Å². The molecule has 0 atom stereocenters. The van der Waals surface area contributed by atoms with E-state index in [-0.39, 0.29) is 6.09 Å². The fourth-order valence-electron chi connectivity index (χ4n) is 4.86. The zero-order valence-corrected chi connectivity index (χ0v) is 25.2. The van der Waals surface area contributed by atoms with Gasteiger partial charge in [-0.25, -0.2) is 19.5 Å². The van der Waals surface area contributed by atoms with Crippen LogP contribution in [-0.4, -0.2) is 70.3 Å². The van der Waals surface area contributed by atoms with E-state index in [0.717, 1.165) is 10.6 Å². The number of benzene rings is 1. The Morgan fingerprint density at radius 1 is 0.925 bits per heavy atom. The van der Waals surface area contributed by atoms with E-state index in [2.05, 4.69) is 15.2 Å². The fourth-order valence-corrected chi connectivity index (χ4v) is 5.25. The molecule has 10 nitrogen and oxygen atoms in total. The Hall–Kier alpha value is -3.53. The van der Waals surface area contributed by atoms with Gasteiger partial charge in [-0.3, -0.25) is 4.79 Å². The highest BCUT2D eigenvalue weighted by molar-refractivity contribution is 6.33. The van der Waals surface area contributed by atoms with Crippen molar-refractivity contribution in [1.82, 2.24) is 14.8 Å².